The largest absolute Gasteiger partial charge is 0.453 e. The van der Waals surface area contributed by atoms with Crippen molar-refractivity contribution in [1.29, 1.82) is 0 Å². The van der Waals surface area contributed by atoms with Gasteiger partial charge in [-0.15, -0.1) is 0 Å². The van der Waals surface area contributed by atoms with Crippen molar-refractivity contribution in [1.82, 2.24) is 0 Å². The van der Waals surface area contributed by atoms with Gasteiger partial charge >= 0.3 is 12.1 Å². The molecular formula is C11H10F5NO3. The molecule has 0 spiro atoms. The second kappa shape index (κ2) is 5.70. The third kappa shape index (κ3) is 3.62. The molecular weight excluding hydrogens is 289 g/mol. The van der Waals surface area contributed by atoms with Crippen LogP contribution in [-0.4, -0.2) is 24.1 Å². The molecule has 0 bridgehead atoms. The normalized spacial score (nSPS) is 14.1. The summed E-state index contributed by atoms with van der Waals surface area (Å²) in [4.78, 5) is 9.71. The average molecular weight is 299 g/mol. The van der Waals surface area contributed by atoms with Crippen LogP contribution in [0.2, 0.25) is 0 Å². The summed E-state index contributed by atoms with van der Waals surface area (Å²) in [6, 6.07) is 4.18. The summed E-state index contributed by atoms with van der Waals surface area (Å²) in [6.07, 6.45) is -8.79. The van der Waals surface area contributed by atoms with Crippen LogP contribution in [0.3, 0.4) is 0 Å². The molecule has 0 aliphatic rings. The van der Waals surface area contributed by atoms with E-state index in [2.05, 4.69) is 4.74 Å². The van der Waals surface area contributed by atoms with Crippen LogP contribution >= 0.6 is 0 Å². The number of nitro groups is 1. The molecule has 0 aromatic heterocycles. The van der Waals surface area contributed by atoms with Crippen LogP contribution in [0.5, 0.6) is 0 Å². The third-order valence-corrected chi connectivity index (χ3v) is 2.62. The minimum atomic E-state index is -5.68. The summed E-state index contributed by atoms with van der Waals surface area (Å²) in [6.45, 7) is 0. The first kappa shape index (κ1) is 16.3. The molecule has 0 saturated carbocycles. The highest BCUT2D eigenvalue weighted by atomic mass is 19.4. The van der Waals surface area contributed by atoms with Gasteiger partial charge < -0.3 is 4.74 Å². The van der Waals surface area contributed by atoms with E-state index in [1.807, 2.05) is 0 Å². The lowest BCUT2D eigenvalue weighted by Crippen LogP contribution is -2.38. The molecule has 0 aliphatic carbocycles. The first-order valence-corrected chi connectivity index (χ1v) is 5.30. The summed E-state index contributed by atoms with van der Waals surface area (Å²) in [5, 5.41) is 10.4. The highest BCUT2D eigenvalue weighted by Gasteiger charge is 2.58. The Morgan fingerprint density at radius 3 is 2.05 bits per heavy atom. The van der Waals surface area contributed by atoms with Crippen molar-refractivity contribution in [3.05, 3.63) is 39.9 Å². The third-order valence-electron chi connectivity index (χ3n) is 2.62. The lowest BCUT2D eigenvalue weighted by molar-refractivity contribution is -0.384. The molecule has 9 heteroatoms. The number of ether oxygens (including phenoxy) is 1. The molecule has 1 aromatic rings. The van der Waals surface area contributed by atoms with E-state index in [0.717, 1.165) is 31.4 Å². The summed E-state index contributed by atoms with van der Waals surface area (Å²) >= 11 is 0. The summed E-state index contributed by atoms with van der Waals surface area (Å²) in [5.41, 5.74) is -0.298. The Morgan fingerprint density at radius 2 is 1.70 bits per heavy atom. The molecule has 1 unspecified atom stereocenters. The molecule has 0 fully saturated rings. The van der Waals surface area contributed by atoms with Gasteiger partial charge in [-0.1, -0.05) is 0 Å². The predicted molar refractivity (Wildman–Crippen MR) is 58.5 cm³/mol. The Kier molecular flexibility index (Phi) is 4.64. The molecule has 0 aliphatic heterocycles. The number of nitro benzene ring substituents is 1. The Bertz CT molecular complexity index is 472. The molecule has 112 valence electrons. The minimum Gasteiger partial charge on any atom is -0.377 e. The maximum absolute atomic E-state index is 12.9. The highest BCUT2D eigenvalue weighted by molar-refractivity contribution is 5.33. The van der Waals surface area contributed by atoms with Gasteiger partial charge in [0.25, 0.3) is 5.69 Å². The standard InChI is InChI=1S/C11H10F5NO3/c1-20-9(6-10(12,13)11(14,15)16)7-2-4-8(5-3-7)17(18)19/h2-5,9H,6H2,1H3. The zero-order valence-corrected chi connectivity index (χ0v) is 10.2. The maximum atomic E-state index is 12.9. The van der Waals surface area contributed by atoms with E-state index in [1.54, 1.807) is 0 Å². The van der Waals surface area contributed by atoms with Crippen LogP contribution < -0.4 is 0 Å². The number of halogens is 5. The molecule has 0 amide bonds. The Morgan fingerprint density at radius 1 is 1.20 bits per heavy atom. The minimum absolute atomic E-state index is 0.00188. The van der Waals surface area contributed by atoms with Crippen molar-refractivity contribution in [2.45, 2.75) is 24.6 Å². The van der Waals surface area contributed by atoms with Crippen LogP contribution in [0, 0.1) is 10.1 Å². The maximum Gasteiger partial charge on any atom is 0.453 e. The lowest BCUT2D eigenvalue weighted by Gasteiger charge is -2.24. The van der Waals surface area contributed by atoms with Gasteiger partial charge in [0, 0.05) is 19.2 Å². The summed E-state index contributed by atoms with van der Waals surface area (Å²) < 4.78 is 66.9. The summed E-state index contributed by atoms with van der Waals surface area (Å²) in [7, 11) is 0.985. The van der Waals surface area contributed by atoms with Crippen molar-refractivity contribution in [2.75, 3.05) is 7.11 Å². The van der Waals surface area contributed by atoms with E-state index >= 15 is 0 Å². The summed E-state index contributed by atoms with van der Waals surface area (Å²) in [5.74, 6) is -4.91. The monoisotopic (exact) mass is 299 g/mol. The fraction of sp³-hybridized carbons (Fsp3) is 0.455. The number of benzene rings is 1. The predicted octanol–water partition coefficient (Wildman–Crippen LogP) is 3.87. The molecule has 0 heterocycles. The molecule has 1 atom stereocenters. The molecule has 0 radical (unpaired) electrons. The fourth-order valence-corrected chi connectivity index (χ4v) is 1.50. The first-order valence-electron chi connectivity index (χ1n) is 5.30. The number of rotatable bonds is 5. The highest BCUT2D eigenvalue weighted by Crippen LogP contribution is 2.42. The van der Waals surface area contributed by atoms with Gasteiger partial charge in [-0.25, -0.2) is 0 Å². The number of methoxy groups -OCH3 is 1. The van der Waals surface area contributed by atoms with Gasteiger partial charge in [-0.2, -0.15) is 22.0 Å². The van der Waals surface area contributed by atoms with Crippen LogP contribution in [0.4, 0.5) is 27.6 Å². The Labute approximate surface area is 110 Å². The van der Waals surface area contributed by atoms with Crippen LogP contribution in [-0.2, 0) is 4.74 Å². The fourth-order valence-electron chi connectivity index (χ4n) is 1.50. The quantitative estimate of drug-likeness (QED) is 0.471. The smallest absolute Gasteiger partial charge is 0.377 e. The van der Waals surface area contributed by atoms with Gasteiger partial charge in [-0.05, 0) is 17.7 Å². The van der Waals surface area contributed by atoms with E-state index < -0.39 is 29.5 Å². The number of hydrogen-bond donors (Lipinski definition) is 0. The Hall–Kier alpha value is -1.77. The Balaban J connectivity index is 2.94. The van der Waals surface area contributed by atoms with E-state index in [9.17, 15) is 32.1 Å². The van der Waals surface area contributed by atoms with Crippen molar-refractivity contribution in [2.24, 2.45) is 0 Å². The molecule has 4 nitrogen and oxygen atoms in total. The average Bonchev–Trinajstić information content (AvgIpc) is 2.34. The van der Waals surface area contributed by atoms with Gasteiger partial charge in [0.05, 0.1) is 17.4 Å². The zero-order chi connectivity index (χ0) is 15.6. The number of alkyl halides is 5. The second-order valence-corrected chi connectivity index (χ2v) is 3.98. The van der Waals surface area contributed by atoms with Crippen LogP contribution in [0.25, 0.3) is 0 Å². The topological polar surface area (TPSA) is 52.4 Å². The van der Waals surface area contributed by atoms with E-state index in [1.165, 1.54) is 0 Å². The SMILES string of the molecule is COC(CC(F)(F)C(F)(F)F)c1ccc([N+](=O)[O-])cc1. The lowest BCUT2D eigenvalue weighted by atomic mass is 10.0. The second-order valence-electron chi connectivity index (χ2n) is 3.98. The zero-order valence-electron chi connectivity index (χ0n) is 10.2. The van der Waals surface area contributed by atoms with E-state index in [0.29, 0.717) is 0 Å². The van der Waals surface area contributed by atoms with Crippen molar-refractivity contribution in [3.8, 4) is 0 Å². The number of nitrogens with zero attached hydrogens (tertiary/aromatic N) is 1. The van der Waals surface area contributed by atoms with Crippen molar-refractivity contribution >= 4 is 5.69 Å². The molecule has 20 heavy (non-hydrogen) atoms. The molecule has 1 rings (SSSR count). The van der Waals surface area contributed by atoms with Gasteiger partial charge in [-0.3, -0.25) is 10.1 Å². The van der Waals surface area contributed by atoms with Crippen LogP contribution in [0.15, 0.2) is 24.3 Å². The van der Waals surface area contributed by atoms with Crippen LogP contribution in [0.1, 0.15) is 18.1 Å². The van der Waals surface area contributed by atoms with Crippen molar-refractivity contribution < 1.29 is 31.6 Å². The van der Waals surface area contributed by atoms with Gasteiger partial charge in [0.1, 0.15) is 0 Å². The number of hydrogen-bond acceptors (Lipinski definition) is 3. The van der Waals surface area contributed by atoms with Gasteiger partial charge in [0.2, 0.25) is 0 Å². The number of non-ortho nitro benzene ring substituents is 1. The first-order chi connectivity index (χ1) is 9.08. The molecule has 0 N–H and O–H groups in total. The van der Waals surface area contributed by atoms with Crippen molar-refractivity contribution in [3.63, 3.8) is 0 Å². The van der Waals surface area contributed by atoms with E-state index in [-0.39, 0.29) is 11.3 Å². The van der Waals surface area contributed by atoms with E-state index in [4.69, 9.17) is 0 Å². The van der Waals surface area contributed by atoms with Gasteiger partial charge in [0.15, 0.2) is 0 Å². The molecule has 0 saturated heterocycles. The molecule has 1 aromatic carbocycles.